The number of carbonyl (C=O) groups excluding carboxylic acids is 3. The Balaban J connectivity index is 2.13. The van der Waals surface area contributed by atoms with E-state index in [9.17, 15) is 14.4 Å². The van der Waals surface area contributed by atoms with E-state index >= 15 is 0 Å². The fraction of sp³-hybridized carbons (Fsp3) is 0.353. The Morgan fingerprint density at radius 3 is 2.67 bits per heavy atom. The van der Waals surface area contributed by atoms with Gasteiger partial charge in [0.15, 0.2) is 0 Å². The predicted octanol–water partition coefficient (Wildman–Crippen LogP) is 2.40. The van der Waals surface area contributed by atoms with Gasteiger partial charge in [0.1, 0.15) is 6.04 Å². The summed E-state index contributed by atoms with van der Waals surface area (Å²) >= 11 is 5.85. The van der Waals surface area contributed by atoms with E-state index in [1.165, 1.54) is 0 Å². The molecular formula is C17H20ClN3O3. The van der Waals surface area contributed by atoms with Crippen molar-refractivity contribution in [2.24, 2.45) is 0 Å². The summed E-state index contributed by atoms with van der Waals surface area (Å²) in [5.41, 5.74) is 0.796. The highest BCUT2D eigenvalue weighted by atomic mass is 35.5. The van der Waals surface area contributed by atoms with Gasteiger partial charge in [0.05, 0.1) is 12.5 Å². The fourth-order valence-corrected chi connectivity index (χ4v) is 2.77. The molecule has 0 aromatic heterocycles. The van der Waals surface area contributed by atoms with Crippen molar-refractivity contribution in [3.8, 4) is 0 Å². The quantitative estimate of drug-likeness (QED) is 0.774. The van der Waals surface area contributed by atoms with E-state index in [2.05, 4.69) is 17.2 Å². The van der Waals surface area contributed by atoms with Crippen LogP contribution in [0.5, 0.6) is 0 Å². The van der Waals surface area contributed by atoms with Crippen molar-refractivity contribution in [1.82, 2.24) is 15.5 Å². The minimum absolute atomic E-state index is 0.0958. The molecule has 0 spiro atoms. The van der Waals surface area contributed by atoms with Gasteiger partial charge < -0.3 is 10.6 Å². The number of amides is 4. The van der Waals surface area contributed by atoms with Crippen LogP contribution in [0.1, 0.15) is 31.4 Å². The first-order chi connectivity index (χ1) is 11.5. The third-order valence-corrected chi connectivity index (χ3v) is 4.11. The van der Waals surface area contributed by atoms with Crippen LogP contribution in [0.25, 0.3) is 0 Å². The van der Waals surface area contributed by atoms with Crippen molar-refractivity contribution in [2.45, 2.75) is 31.8 Å². The fourth-order valence-electron chi connectivity index (χ4n) is 2.64. The van der Waals surface area contributed by atoms with Gasteiger partial charge in [0.25, 0.3) is 0 Å². The molecular weight excluding hydrogens is 330 g/mol. The lowest BCUT2D eigenvalue weighted by Crippen LogP contribution is -2.59. The number of hydrogen-bond donors (Lipinski definition) is 2. The van der Waals surface area contributed by atoms with Crippen molar-refractivity contribution in [1.29, 1.82) is 0 Å². The van der Waals surface area contributed by atoms with E-state index in [1.807, 2.05) is 0 Å². The molecule has 2 rings (SSSR count). The molecule has 2 unspecified atom stereocenters. The number of nitrogens with one attached hydrogen (secondary N) is 2. The zero-order valence-electron chi connectivity index (χ0n) is 13.4. The molecule has 128 valence electrons. The highest BCUT2D eigenvalue weighted by molar-refractivity contribution is 6.30. The normalized spacial score (nSPS) is 18.8. The van der Waals surface area contributed by atoms with Crippen LogP contribution < -0.4 is 10.6 Å². The number of rotatable bonds is 6. The molecule has 7 heteroatoms. The van der Waals surface area contributed by atoms with E-state index in [0.717, 1.165) is 10.5 Å². The van der Waals surface area contributed by atoms with Gasteiger partial charge >= 0.3 is 6.03 Å². The van der Waals surface area contributed by atoms with Crippen LogP contribution in [0.3, 0.4) is 0 Å². The van der Waals surface area contributed by atoms with Crippen molar-refractivity contribution in [2.75, 3.05) is 6.54 Å². The number of benzene rings is 1. The second kappa shape index (κ2) is 7.97. The van der Waals surface area contributed by atoms with Gasteiger partial charge in [-0.3, -0.25) is 14.5 Å². The molecule has 1 aliphatic heterocycles. The third kappa shape index (κ3) is 3.94. The number of imide groups is 1. The third-order valence-electron chi connectivity index (χ3n) is 3.86. The maximum Gasteiger partial charge on any atom is 0.325 e. The standard InChI is InChI=1S/C17H20ClN3O3/c1-3-9-19-16(23)14(4-2)21-15(22)10-13(20-17(21)24)11-5-7-12(18)8-6-11/h3,5-8,13-14H,1,4,9-10H2,2H3,(H,19,23)(H,20,24). The number of hydrogen-bond acceptors (Lipinski definition) is 3. The second-order valence-corrected chi connectivity index (χ2v) is 5.92. The number of carbonyl (C=O) groups is 3. The zero-order valence-corrected chi connectivity index (χ0v) is 14.2. The Kier molecular flexibility index (Phi) is 5.98. The molecule has 0 saturated carbocycles. The summed E-state index contributed by atoms with van der Waals surface area (Å²) in [6.07, 6.45) is 1.98. The van der Waals surface area contributed by atoms with E-state index in [1.54, 1.807) is 37.3 Å². The van der Waals surface area contributed by atoms with Crippen molar-refractivity contribution >= 4 is 29.4 Å². The van der Waals surface area contributed by atoms with Crippen LogP contribution in [0.4, 0.5) is 4.79 Å². The molecule has 0 aliphatic carbocycles. The van der Waals surface area contributed by atoms with Crippen molar-refractivity contribution in [3.05, 3.63) is 47.5 Å². The van der Waals surface area contributed by atoms with Crippen molar-refractivity contribution in [3.63, 3.8) is 0 Å². The van der Waals surface area contributed by atoms with E-state index in [4.69, 9.17) is 11.6 Å². The topological polar surface area (TPSA) is 78.5 Å². The van der Waals surface area contributed by atoms with E-state index in [0.29, 0.717) is 11.4 Å². The Labute approximate surface area is 145 Å². The Morgan fingerprint density at radius 2 is 2.12 bits per heavy atom. The summed E-state index contributed by atoms with van der Waals surface area (Å²) in [7, 11) is 0. The predicted molar refractivity (Wildman–Crippen MR) is 91.5 cm³/mol. The SMILES string of the molecule is C=CCNC(=O)C(CC)N1C(=O)CC(c2ccc(Cl)cc2)NC1=O. The molecule has 1 saturated heterocycles. The average Bonchev–Trinajstić information content (AvgIpc) is 2.56. The molecule has 1 aromatic rings. The first-order valence-corrected chi connectivity index (χ1v) is 8.12. The van der Waals surface area contributed by atoms with Gasteiger partial charge in [0, 0.05) is 11.6 Å². The minimum atomic E-state index is -0.830. The highest BCUT2D eigenvalue weighted by Crippen LogP contribution is 2.25. The Hall–Kier alpha value is -2.34. The van der Waals surface area contributed by atoms with E-state index < -0.39 is 18.1 Å². The van der Waals surface area contributed by atoms with Crippen LogP contribution in [0.2, 0.25) is 5.02 Å². The Bertz CT molecular complexity index is 627. The van der Waals surface area contributed by atoms with Crippen LogP contribution >= 0.6 is 11.6 Å². The molecule has 4 amide bonds. The Morgan fingerprint density at radius 1 is 1.46 bits per heavy atom. The number of urea groups is 1. The zero-order chi connectivity index (χ0) is 17.7. The maximum absolute atomic E-state index is 12.5. The van der Waals surface area contributed by atoms with E-state index in [-0.39, 0.29) is 24.8 Å². The summed E-state index contributed by atoms with van der Waals surface area (Å²) < 4.78 is 0. The molecule has 1 fully saturated rings. The van der Waals surface area contributed by atoms with Gasteiger partial charge in [-0.05, 0) is 24.1 Å². The summed E-state index contributed by atoms with van der Waals surface area (Å²) in [5.74, 6) is -0.745. The summed E-state index contributed by atoms with van der Waals surface area (Å²) in [6.45, 7) is 5.56. The lowest BCUT2D eigenvalue weighted by atomic mass is 10.00. The molecule has 2 atom stereocenters. The first kappa shape index (κ1) is 18.0. The summed E-state index contributed by atoms with van der Waals surface area (Å²) in [6, 6.07) is 5.13. The van der Waals surface area contributed by atoms with Gasteiger partial charge in [-0.15, -0.1) is 6.58 Å². The minimum Gasteiger partial charge on any atom is -0.351 e. The lowest BCUT2D eigenvalue weighted by molar-refractivity contribution is -0.138. The molecule has 1 aliphatic rings. The van der Waals surface area contributed by atoms with Gasteiger partial charge in [-0.1, -0.05) is 36.7 Å². The van der Waals surface area contributed by atoms with Crippen LogP contribution in [0.15, 0.2) is 36.9 Å². The number of nitrogens with zero attached hydrogens (tertiary/aromatic N) is 1. The number of halogens is 1. The lowest BCUT2D eigenvalue weighted by Gasteiger charge is -2.35. The van der Waals surface area contributed by atoms with Crippen molar-refractivity contribution < 1.29 is 14.4 Å². The average molecular weight is 350 g/mol. The first-order valence-electron chi connectivity index (χ1n) is 7.74. The molecule has 1 heterocycles. The monoisotopic (exact) mass is 349 g/mol. The molecule has 1 aromatic carbocycles. The van der Waals surface area contributed by atoms with Gasteiger partial charge in [-0.25, -0.2) is 4.79 Å². The van der Waals surface area contributed by atoms with Crippen LogP contribution in [-0.2, 0) is 9.59 Å². The van der Waals surface area contributed by atoms with Crippen LogP contribution in [0, 0.1) is 0 Å². The second-order valence-electron chi connectivity index (χ2n) is 5.48. The summed E-state index contributed by atoms with van der Waals surface area (Å²) in [5, 5.41) is 5.99. The molecule has 6 nitrogen and oxygen atoms in total. The highest BCUT2D eigenvalue weighted by Gasteiger charge is 2.39. The summed E-state index contributed by atoms with van der Waals surface area (Å²) in [4.78, 5) is 38.0. The molecule has 24 heavy (non-hydrogen) atoms. The largest absolute Gasteiger partial charge is 0.351 e. The van der Waals surface area contributed by atoms with Gasteiger partial charge in [-0.2, -0.15) is 0 Å². The molecule has 2 N–H and O–H groups in total. The maximum atomic E-state index is 12.5. The molecule has 0 radical (unpaired) electrons. The molecule has 0 bridgehead atoms. The van der Waals surface area contributed by atoms with Crippen LogP contribution in [-0.4, -0.2) is 35.3 Å². The smallest absolute Gasteiger partial charge is 0.325 e. The van der Waals surface area contributed by atoms with Gasteiger partial charge in [0.2, 0.25) is 11.8 Å².